The van der Waals surface area contributed by atoms with Gasteiger partial charge in [-0.1, -0.05) is 91.0 Å². The summed E-state index contributed by atoms with van der Waals surface area (Å²) in [5.41, 5.74) is 7.23. The Morgan fingerprint density at radius 2 is 1.64 bits per heavy atom. The van der Waals surface area contributed by atoms with E-state index in [1.807, 2.05) is 118 Å². The number of hydrogen-bond acceptors (Lipinski definition) is 4. The Labute approximate surface area is 247 Å². The summed E-state index contributed by atoms with van der Waals surface area (Å²) in [6.07, 6.45) is 5.36. The molecular weight excluding hydrogens is 520 g/mol. The van der Waals surface area contributed by atoms with Crippen LogP contribution in [0.3, 0.4) is 0 Å². The van der Waals surface area contributed by atoms with Crippen LogP contribution in [0.25, 0.3) is 28.4 Å². The Balaban J connectivity index is 1.38. The molecule has 0 atom stereocenters. The number of fused-ring (bicyclic) bond motifs is 1. The number of aromatic hydroxyl groups is 1. The summed E-state index contributed by atoms with van der Waals surface area (Å²) in [5.74, 6) is 0.0728. The second-order valence-corrected chi connectivity index (χ2v) is 11.2. The number of phenolic OH excluding ortho intramolecular Hbond substituents is 1. The molecular formula is C36H36N4O2. The van der Waals surface area contributed by atoms with E-state index in [1.165, 1.54) is 4.80 Å². The Morgan fingerprint density at radius 1 is 0.952 bits per heavy atom. The van der Waals surface area contributed by atoms with Gasteiger partial charge in [0.1, 0.15) is 22.5 Å². The van der Waals surface area contributed by atoms with E-state index in [4.69, 9.17) is 0 Å². The van der Waals surface area contributed by atoms with Crippen LogP contribution in [0.4, 0.5) is 0 Å². The zero-order valence-electron chi connectivity index (χ0n) is 24.3. The third-order valence-electron chi connectivity index (χ3n) is 7.35. The number of hydrogen-bond donors (Lipinski definition) is 2. The average molecular weight is 557 g/mol. The van der Waals surface area contributed by atoms with Crippen molar-refractivity contribution in [2.24, 2.45) is 0 Å². The molecule has 1 heterocycles. The molecule has 1 amide bonds. The maximum Gasteiger partial charge on any atom is 0.221 e. The van der Waals surface area contributed by atoms with Crippen molar-refractivity contribution in [3.05, 3.63) is 131 Å². The second kappa shape index (κ2) is 12.3. The van der Waals surface area contributed by atoms with E-state index in [0.29, 0.717) is 24.9 Å². The molecule has 0 saturated heterocycles. The van der Waals surface area contributed by atoms with Crippen molar-refractivity contribution in [1.82, 2.24) is 20.3 Å². The van der Waals surface area contributed by atoms with Crippen LogP contribution >= 0.6 is 0 Å². The van der Waals surface area contributed by atoms with Crippen LogP contribution in [0, 0.1) is 0 Å². The number of aromatic nitrogens is 3. The fraction of sp³-hybridized carbons (Fsp3) is 0.194. The van der Waals surface area contributed by atoms with E-state index >= 15 is 0 Å². The molecule has 0 bridgehead atoms. The molecule has 0 fully saturated rings. The molecule has 0 saturated carbocycles. The Morgan fingerprint density at radius 3 is 2.33 bits per heavy atom. The van der Waals surface area contributed by atoms with Crippen LogP contribution in [0.5, 0.6) is 5.75 Å². The number of rotatable bonds is 10. The van der Waals surface area contributed by atoms with Crippen molar-refractivity contribution in [2.45, 2.75) is 45.6 Å². The maximum atomic E-state index is 13.2. The molecule has 0 spiro atoms. The molecule has 0 aliphatic carbocycles. The van der Waals surface area contributed by atoms with Gasteiger partial charge in [-0.25, -0.2) is 0 Å². The molecule has 0 unspecified atom stereocenters. The van der Waals surface area contributed by atoms with Crippen LogP contribution < -0.4 is 5.32 Å². The lowest BCUT2D eigenvalue weighted by Gasteiger charge is -2.27. The van der Waals surface area contributed by atoms with Gasteiger partial charge in [0.05, 0.1) is 5.54 Å². The highest BCUT2D eigenvalue weighted by Gasteiger charge is 2.23. The first kappa shape index (κ1) is 28.6. The van der Waals surface area contributed by atoms with Gasteiger partial charge >= 0.3 is 0 Å². The molecule has 2 N–H and O–H groups in total. The number of aryl methyl sites for hydroxylation is 1. The van der Waals surface area contributed by atoms with Crippen molar-refractivity contribution < 1.29 is 9.90 Å². The second-order valence-electron chi connectivity index (χ2n) is 11.2. The quantitative estimate of drug-likeness (QED) is 0.188. The third kappa shape index (κ3) is 6.66. The van der Waals surface area contributed by atoms with E-state index in [1.54, 1.807) is 0 Å². The first-order valence-electron chi connectivity index (χ1n) is 14.2. The van der Waals surface area contributed by atoms with Gasteiger partial charge in [0.25, 0.3) is 0 Å². The monoisotopic (exact) mass is 556 g/mol. The zero-order chi connectivity index (χ0) is 29.7. The number of nitrogens with one attached hydrogen (secondary N) is 1. The Bertz CT molecular complexity index is 1730. The van der Waals surface area contributed by atoms with E-state index < -0.39 is 5.54 Å². The first-order valence-corrected chi connectivity index (χ1v) is 14.2. The van der Waals surface area contributed by atoms with E-state index in [-0.39, 0.29) is 11.7 Å². The molecule has 6 nitrogen and oxygen atoms in total. The minimum Gasteiger partial charge on any atom is -0.505 e. The van der Waals surface area contributed by atoms with Crippen molar-refractivity contribution in [3.8, 4) is 11.4 Å². The summed E-state index contributed by atoms with van der Waals surface area (Å²) < 4.78 is 0. The Kier molecular flexibility index (Phi) is 8.34. The summed E-state index contributed by atoms with van der Waals surface area (Å²) in [4.78, 5) is 14.6. The van der Waals surface area contributed by atoms with Crippen molar-refractivity contribution in [1.29, 1.82) is 0 Å². The minimum absolute atomic E-state index is 0.0520. The Hall–Kier alpha value is -4.97. The van der Waals surface area contributed by atoms with Gasteiger partial charge in [0.15, 0.2) is 0 Å². The van der Waals surface area contributed by atoms with Crippen molar-refractivity contribution in [3.63, 3.8) is 0 Å². The summed E-state index contributed by atoms with van der Waals surface area (Å²) in [5, 5.41) is 23.7. The maximum absolute atomic E-state index is 13.2. The number of allylic oxidation sites excluding steroid dienone is 2. The molecule has 6 heteroatoms. The van der Waals surface area contributed by atoms with Gasteiger partial charge in [-0.3, -0.25) is 4.79 Å². The lowest BCUT2D eigenvalue weighted by atomic mass is 9.91. The highest BCUT2D eigenvalue weighted by atomic mass is 16.3. The minimum atomic E-state index is -0.546. The van der Waals surface area contributed by atoms with Crippen LogP contribution in [0.2, 0.25) is 0 Å². The smallest absolute Gasteiger partial charge is 0.221 e. The standard InChI is InChI=1S/C36H36N4O2/c1-25(2)28-15-11-17-30(24-28)36(3,4)37-34(41)21-20-27-22-29(16-10-14-26-12-6-5-7-13-26)35(42)33(23-27)40-38-31-18-8-9-19-32(31)39-40/h5-15,17-19,22-24,42H,1,16,20-21H2,2-4H3,(H,37,41)/b14-10+. The number of benzene rings is 4. The lowest BCUT2D eigenvalue weighted by Crippen LogP contribution is -2.41. The molecule has 0 radical (unpaired) electrons. The number of amides is 1. The largest absolute Gasteiger partial charge is 0.505 e. The van der Waals surface area contributed by atoms with Crippen LogP contribution in [0.15, 0.2) is 104 Å². The lowest BCUT2D eigenvalue weighted by molar-refractivity contribution is -0.122. The van der Waals surface area contributed by atoms with Gasteiger partial charge in [-0.15, -0.1) is 15.0 Å². The average Bonchev–Trinajstić information content (AvgIpc) is 3.42. The van der Waals surface area contributed by atoms with Gasteiger partial charge < -0.3 is 10.4 Å². The van der Waals surface area contributed by atoms with E-state index in [2.05, 4.69) is 28.2 Å². The summed E-state index contributed by atoms with van der Waals surface area (Å²) >= 11 is 0. The highest BCUT2D eigenvalue weighted by molar-refractivity contribution is 5.77. The number of nitrogens with zero attached hydrogens (tertiary/aromatic N) is 3. The number of carbonyl (C=O) groups excluding carboxylic acids is 1. The summed E-state index contributed by atoms with van der Waals surface area (Å²) in [7, 11) is 0. The van der Waals surface area contributed by atoms with Gasteiger partial charge in [-0.2, -0.15) is 0 Å². The van der Waals surface area contributed by atoms with Crippen LogP contribution in [0.1, 0.15) is 55.0 Å². The number of phenols is 1. The molecule has 5 rings (SSSR count). The zero-order valence-corrected chi connectivity index (χ0v) is 24.3. The van der Waals surface area contributed by atoms with Crippen LogP contribution in [-0.2, 0) is 23.2 Å². The molecule has 1 aromatic heterocycles. The topological polar surface area (TPSA) is 80.0 Å². The first-order chi connectivity index (χ1) is 20.2. The number of carbonyl (C=O) groups is 1. The van der Waals surface area contributed by atoms with Gasteiger partial charge in [0, 0.05) is 12.0 Å². The van der Waals surface area contributed by atoms with E-state index in [0.717, 1.165) is 44.4 Å². The van der Waals surface area contributed by atoms with Crippen molar-refractivity contribution >= 4 is 28.6 Å². The third-order valence-corrected chi connectivity index (χ3v) is 7.35. The van der Waals surface area contributed by atoms with Gasteiger partial charge in [0.2, 0.25) is 5.91 Å². The molecule has 212 valence electrons. The summed E-state index contributed by atoms with van der Waals surface area (Å²) in [6, 6.07) is 29.6. The molecule has 0 aliphatic heterocycles. The van der Waals surface area contributed by atoms with Gasteiger partial charge in [-0.05, 0) is 80.1 Å². The molecule has 4 aromatic carbocycles. The van der Waals surface area contributed by atoms with Crippen molar-refractivity contribution in [2.75, 3.05) is 0 Å². The fourth-order valence-corrected chi connectivity index (χ4v) is 4.96. The normalized spacial score (nSPS) is 11.7. The molecule has 0 aliphatic rings. The SMILES string of the molecule is C=C(C)c1cccc(C(C)(C)NC(=O)CCc2cc(C/C=C/c3ccccc3)c(O)c(-n3nc4ccccc4n3)c2)c1. The summed E-state index contributed by atoms with van der Waals surface area (Å²) in [6.45, 7) is 10.0. The molecule has 5 aromatic rings. The highest BCUT2D eigenvalue weighted by Crippen LogP contribution is 2.30. The molecule has 42 heavy (non-hydrogen) atoms. The predicted octanol–water partition coefficient (Wildman–Crippen LogP) is 7.40. The van der Waals surface area contributed by atoms with E-state index in [9.17, 15) is 9.90 Å². The predicted molar refractivity (Wildman–Crippen MR) is 170 cm³/mol. The fourth-order valence-electron chi connectivity index (χ4n) is 4.96. The van der Waals surface area contributed by atoms with Crippen LogP contribution in [-0.4, -0.2) is 26.0 Å².